The van der Waals surface area contributed by atoms with Gasteiger partial charge >= 0.3 is 5.97 Å². The lowest BCUT2D eigenvalue weighted by molar-refractivity contribution is 0.0601. The number of hydrogen-bond donors (Lipinski definition) is 1. The van der Waals surface area contributed by atoms with Crippen LogP contribution in [0, 0.1) is 17.2 Å². The lowest BCUT2D eigenvalue weighted by Crippen LogP contribution is -2.28. The summed E-state index contributed by atoms with van der Waals surface area (Å²) >= 11 is 0. The first kappa shape index (κ1) is 19.5. The third-order valence-corrected chi connectivity index (χ3v) is 4.98. The van der Waals surface area contributed by atoms with Crippen molar-refractivity contribution in [2.24, 2.45) is 5.92 Å². The van der Waals surface area contributed by atoms with E-state index in [1.165, 1.54) is 57.8 Å². The first-order chi connectivity index (χ1) is 13.6. The number of rotatable bonds is 6. The molecule has 0 radical (unpaired) electrons. The standard InChI is InChI=1S/C20H24N6O2/c1-26(13-14-6-4-3-5-7-14)17-8-18(24-11-16(17)20(27)28-2)25-19-12-22-15(9-21)10-23-19/h8,10-12,14H,3-7,13H2,1-2H3,(H,23,24,25). The van der Waals surface area contributed by atoms with Gasteiger partial charge in [0.05, 0.1) is 25.2 Å². The van der Waals surface area contributed by atoms with Crippen LogP contribution >= 0.6 is 0 Å². The molecule has 0 aliphatic heterocycles. The SMILES string of the molecule is COC(=O)c1cnc(Nc2cnc(C#N)cn2)cc1N(C)CC1CCCCC1. The molecule has 2 aromatic rings. The summed E-state index contributed by atoms with van der Waals surface area (Å²) in [5.41, 5.74) is 1.43. The number of carbonyl (C=O) groups excluding carboxylic acids is 1. The zero-order valence-electron chi connectivity index (χ0n) is 16.2. The summed E-state index contributed by atoms with van der Waals surface area (Å²) in [5, 5.41) is 11.9. The van der Waals surface area contributed by atoms with E-state index in [4.69, 9.17) is 10.00 Å². The van der Waals surface area contributed by atoms with Gasteiger partial charge in [0.15, 0.2) is 5.69 Å². The molecule has 1 aliphatic rings. The van der Waals surface area contributed by atoms with Gasteiger partial charge in [0.2, 0.25) is 0 Å². The van der Waals surface area contributed by atoms with Crippen LogP contribution < -0.4 is 10.2 Å². The topological polar surface area (TPSA) is 104 Å². The van der Waals surface area contributed by atoms with Crippen LogP contribution in [-0.4, -0.2) is 41.6 Å². The monoisotopic (exact) mass is 380 g/mol. The van der Waals surface area contributed by atoms with E-state index >= 15 is 0 Å². The number of aromatic nitrogens is 3. The van der Waals surface area contributed by atoms with Gasteiger partial charge in [-0.25, -0.2) is 19.7 Å². The van der Waals surface area contributed by atoms with Crippen molar-refractivity contribution in [2.75, 3.05) is 30.9 Å². The molecular formula is C20H24N6O2. The van der Waals surface area contributed by atoms with Crippen LogP contribution in [0.4, 0.5) is 17.3 Å². The summed E-state index contributed by atoms with van der Waals surface area (Å²) in [6.45, 7) is 0.879. The fourth-order valence-corrected chi connectivity index (χ4v) is 3.53. The van der Waals surface area contributed by atoms with E-state index in [2.05, 4.69) is 25.2 Å². The van der Waals surface area contributed by atoms with Crippen molar-refractivity contribution in [2.45, 2.75) is 32.1 Å². The molecule has 146 valence electrons. The molecule has 0 bridgehead atoms. The van der Waals surface area contributed by atoms with Gasteiger partial charge in [0.25, 0.3) is 0 Å². The van der Waals surface area contributed by atoms with Gasteiger partial charge in [-0.15, -0.1) is 0 Å². The van der Waals surface area contributed by atoms with Crippen molar-refractivity contribution in [3.63, 3.8) is 0 Å². The fraction of sp³-hybridized carbons (Fsp3) is 0.450. The van der Waals surface area contributed by atoms with Gasteiger partial charge in [-0.2, -0.15) is 5.26 Å². The maximum absolute atomic E-state index is 12.2. The molecule has 3 rings (SSSR count). The van der Waals surface area contributed by atoms with E-state index < -0.39 is 5.97 Å². The molecule has 2 aromatic heterocycles. The second-order valence-electron chi connectivity index (χ2n) is 6.99. The minimum atomic E-state index is -0.414. The number of pyridine rings is 1. The summed E-state index contributed by atoms with van der Waals surface area (Å²) in [6.07, 6.45) is 10.7. The fourth-order valence-electron chi connectivity index (χ4n) is 3.53. The number of anilines is 3. The van der Waals surface area contributed by atoms with Crippen LogP contribution in [0.15, 0.2) is 24.7 Å². The number of carbonyl (C=O) groups is 1. The lowest BCUT2D eigenvalue weighted by atomic mass is 9.89. The quantitative estimate of drug-likeness (QED) is 0.761. The van der Waals surface area contributed by atoms with E-state index in [9.17, 15) is 4.79 Å². The Bertz CT molecular complexity index is 856. The summed E-state index contributed by atoms with van der Waals surface area (Å²) in [4.78, 5) is 26.7. The predicted molar refractivity (Wildman–Crippen MR) is 105 cm³/mol. The van der Waals surface area contributed by atoms with Crippen molar-refractivity contribution >= 4 is 23.3 Å². The van der Waals surface area contributed by atoms with Gasteiger partial charge in [-0.05, 0) is 18.8 Å². The molecule has 1 fully saturated rings. The van der Waals surface area contributed by atoms with Crippen LogP contribution in [-0.2, 0) is 4.74 Å². The highest BCUT2D eigenvalue weighted by Gasteiger charge is 2.21. The van der Waals surface area contributed by atoms with Crippen LogP contribution in [0.1, 0.15) is 48.2 Å². The molecular weight excluding hydrogens is 356 g/mol. The number of nitriles is 1. The first-order valence-electron chi connectivity index (χ1n) is 9.39. The minimum Gasteiger partial charge on any atom is -0.465 e. The normalized spacial score (nSPS) is 14.2. The van der Waals surface area contributed by atoms with Gasteiger partial charge in [0.1, 0.15) is 23.3 Å². The molecule has 8 heteroatoms. The molecule has 8 nitrogen and oxygen atoms in total. The Kier molecular flexibility index (Phi) is 6.37. The number of ether oxygens (including phenoxy) is 1. The third-order valence-electron chi connectivity index (χ3n) is 4.98. The van der Waals surface area contributed by atoms with Crippen molar-refractivity contribution in [1.29, 1.82) is 5.26 Å². The van der Waals surface area contributed by atoms with E-state index in [1.807, 2.05) is 19.2 Å². The summed E-state index contributed by atoms with van der Waals surface area (Å²) < 4.78 is 4.92. The Balaban J connectivity index is 1.83. The van der Waals surface area contributed by atoms with Crippen molar-refractivity contribution in [3.05, 3.63) is 35.9 Å². The van der Waals surface area contributed by atoms with Crippen LogP contribution in [0.3, 0.4) is 0 Å². The highest BCUT2D eigenvalue weighted by Crippen LogP contribution is 2.29. The Morgan fingerprint density at radius 1 is 1.21 bits per heavy atom. The average Bonchev–Trinajstić information content (AvgIpc) is 2.74. The molecule has 0 amide bonds. The summed E-state index contributed by atoms with van der Waals surface area (Å²) in [7, 11) is 3.35. The molecule has 2 heterocycles. The van der Waals surface area contributed by atoms with E-state index in [-0.39, 0.29) is 5.69 Å². The number of nitrogens with zero attached hydrogens (tertiary/aromatic N) is 5. The smallest absolute Gasteiger partial charge is 0.341 e. The maximum atomic E-state index is 12.2. The van der Waals surface area contributed by atoms with Gasteiger partial charge in [0, 0.05) is 25.9 Å². The highest BCUT2D eigenvalue weighted by molar-refractivity contribution is 5.96. The second-order valence-corrected chi connectivity index (χ2v) is 6.99. The van der Waals surface area contributed by atoms with Crippen molar-refractivity contribution in [3.8, 4) is 6.07 Å². The molecule has 1 aliphatic carbocycles. The molecule has 0 saturated heterocycles. The van der Waals surface area contributed by atoms with Gasteiger partial charge < -0.3 is 15.0 Å². The first-order valence-corrected chi connectivity index (χ1v) is 9.39. The molecule has 1 N–H and O–H groups in total. The van der Waals surface area contributed by atoms with Crippen molar-refractivity contribution < 1.29 is 9.53 Å². The van der Waals surface area contributed by atoms with Crippen LogP contribution in [0.25, 0.3) is 0 Å². The maximum Gasteiger partial charge on any atom is 0.341 e. The molecule has 0 spiro atoms. The van der Waals surface area contributed by atoms with E-state index in [1.54, 1.807) is 0 Å². The summed E-state index contributed by atoms with van der Waals surface area (Å²) in [5.74, 6) is 1.22. The number of hydrogen-bond acceptors (Lipinski definition) is 8. The highest BCUT2D eigenvalue weighted by atomic mass is 16.5. The Morgan fingerprint density at radius 3 is 2.61 bits per heavy atom. The van der Waals surface area contributed by atoms with E-state index in [0.29, 0.717) is 23.1 Å². The van der Waals surface area contributed by atoms with Crippen molar-refractivity contribution in [1.82, 2.24) is 15.0 Å². The van der Waals surface area contributed by atoms with Gasteiger partial charge in [-0.1, -0.05) is 19.3 Å². The molecule has 1 saturated carbocycles. The zero-order chi connectivity index (χ0) is 19.9. The molecule has 0 aromatic carbocycles. The Labute approximate surface area is 164 Å². The van der Waals surface area contributed by atoms with Gasteiger partial charge in [-0.3, -0.25) is 0 Å². The minimum absolute atomic E-state index is 0.243. The van der Waals surface area contributed by atoms with Crippen LogP contribution in [0.5, 0.6) is 0 Å². The molecule has 0 unspecified atom stereocenters. The third kappa shape index (κ3) is 4.74. The Hall–Kier alpha value is -3.21. The largest absolute Gasteiger partial charge is 0.465 e. The lowest BCUT2D eigenvalue weighted by Gasteiger charge is -2.29. The number of nitrogens with one attached hydrogen (secondary N) is 1. The average molecular weight is 380 g/mol. The molecule has 0 atom stereocenters. The predicted octanol–water partition coefficient (Wildman–Crippen LogP) is 3.29. The Morgan fingerprint density at radius 2 is 1.96 bits per heavy atom. The number of methoxy groups -OCH3 is 1. The summed E-state index contributed by atoms with van der Waals surface area (Å²) in [6, 6.07) is 3.75. The van der Waals surface area contributed by atoms with Crippen LogP contribution in [0.2, 0.25) is 0 Å². The zero-order valence-corrected chi connectivity index (χ0v) is 16.2. The number of esters is 1. The van der Waals surface area contributed by atoms with E-state index in [0.717, 1.165) is 12.2 Å². The second kappa shape index (κ2) is 9.13. The molecule has 28 heavy (non-hydrogen) atoms.